The summed E-state index contributed by atoms with van der Waals surface area (Å²) in [6.45, 7) is 0.814. The van der Waals surface area contributed by atoms with E-state index in [9.17, 15) is 0 Å². The van der Waals surface area contributed by atoms with E-state index in [2.05, 4.69) is 9.55 Å². The van der Waals surface area contributed by atoms with E-state index >= 15 is 0 Å². The zero-order valence-corrected chi connectivity index (χ0v) is 11.6. The highest BCUT2D eigenvalue weighted by molar-refractivity contribution is 5.80. The van der Waals surface area contributed by atoms with E-state index in [1.165, 1.54) is 12.8 Å². The van der Waals surface area contributed by atoms with E-state index in [-0.39, 0.29) is 0 Å². The lowest BCUT2D eigenvalue weighted by Crippen LogP contribution is -2.23. The van der Waals surface area contributed by atoms with Crippen LogP contribution in [0.15, 0.2) is 18.2 Å². The maximum Gasteiger partial charge on any atom is 0.201 e. The third-order valence-electron chi connectivity index (χ3n) is 4.45. The molecule has 2 atom stereocenters. The first-order chi connectivity index (χ1) is 9.78. The van der Waals surface area contributed by atoms with Crippen LogP contribution in [0.5, 0.6) is 5.75 Å². The van der Waals surface area contributed by atoms with Crippen LogP contribution >= 0.6 is 0 Å². The summed E-state index contributed by atoms with van der Waals surface area (Å²) >= 11 is 0. The zero-order chi connectivity index (χ0) is 13.7. The average molecular weight is 273 g/mol. The highest BCUT2D eigenvalue weighted by atomic mass is 16.5. The largest absolute Gasteiger partial charge is 0.497 e. The van der Waals surface area contributed by atoms with Gasteiger partial charge in [0.25, 0.3) is 0 Å². The first-order valence-electron chi connectivity index (χ1n) is 7.21. The molecule has 1 saturated carbocycles. The Morgan fingerprint density at radius 3 is 2.95 bits per heavy atom. The van der Waals surface area contributed by atoms with Crippen molar-refractivity contribution < 1.29 is 9.47 Å². The first-order valence-corrected chi connectivity index (χ1v) is 7.21. The number of fused-ring (bicyclic) bond motifs is 1. The molecule has 1 aromatic carbocycles. The van der Waals surface area contributed by atoms with E-state index in [4.69, 9.17) is 15.2 Å². The number of nitrogen functional groups attached to an aromatic ring is 1. The molecule has 106 valence electrons. The molecular weight excluding hydrogens is 254 g/mol. The van der Waals surface area contributed by atoms with Crippen molar-refractivity contribution in [3.63, 3.8) is 0 Å². The number of imidazole rings is 1. The predicted octanol–water partition coefficient (Wildman–Crippen LogP) is 2.37. The van der Waals surface area contributed by atoms with Gasteiger partial charge >= 0.3 is 0 Å². The van der Waals surface area contributed by atoms with E-state index in [0.717, 1.165) is 29.8 Å². The van der Waals surface area contributed by atoms with Crippen molar-refractivity contribution in [3.05, 3.63) is 18.2 Å². The molecule has 0 radical (unpaired) electrons. The number of nitrogens with zero attached hydrogens (tertiary/aromatic N) is 2. The molecule has 2 N–H and O–H groups in total. The van der Waals surface area contributed by atoms with Crippen LogP contribution in [-0.2, 0) is 4.74 Å². The van der Waals surface area contributed by atoms with Gasteiger partial charge in [-0.2, -0.15) is 0 Å². The van der Waals surface area contributed by atoms with Gasteiger partial charge in [0.15, 0.2) is 0 Å². The number of ether oxygens (including phenoxy) is 2. The Kier molecular flexibility index (Phi) is 2.63. The van der Waals surface area contributed by atoms with Gasteiger partial charge in [0, 0.05) is 12.7 Å². The SMILES string of the molecule is COc1ccc2nc(N)n(C3CCOC3C3CC3)c2c1. The number of anilines is 1. The third kappa shape index (κ3) is 1.77. The first kappa shape index (κ1) is 12.0. The molecule has 0 bridgehead atoms. The van der Waals surface area contributed by atoms with Crippen LogP contribution in [0.4, 0.5) is 5.95 Å². The molecule has 2 aromatic rings. The maximum atomic E-state index is 6.16. The van der Waals surface area contributed by atoms with E-state index in [1.807, 2.05) is 18.2 Å². The van der Waals surface area contributed by atoms with Gasteiger partial charge in [-0.3, -0.25) is 0 Å². The van der Waals surface area contributed by atoms with Crippen molar-refractivity contribution in [3.8, 4) is 5.75 Å². The number of nitrogens with two attached hydrogens (primary N) is 1. The molecule has 1 aromatic heterocycles. The summed E-state index contributed by atoms with van der Waals surface area (Å²) in [5.41, 5.74) is 8.13. The molecule has 4 rings (SSSR count). The number of rotatable bonds is 3. The molecule has 5 heteroatoms. The van der Waals surface area contributed by atoms with Gasteiger partial charge in [-0.15, -0.1) is 0 Å². The van der Waals surface area contributed by atoms with Crippen molar-refractivity contribution >= 4 is 17.0 Å². The summed E-state index contributed by atoms with van der Waals surface area (Å²) < 4.78 is 13.4. The van der Waals surface area contributed by atoms with Crippen LogP contribution in [0.3, 0.4) is 0 Å². The van der Waals surface area contributed by atoms with Crippen LogP contribution in [0.1, 0.15) is 25.3 Å². The van der Waals surface area contributed by atoms with Crippen LogP contribution in [0, 0.1) is 5.92 Å². The van der Waals surface area contributed by atoms with E-state index in [1.54, 1.807) is 7.11 Å². The van der Waals surface area contributed by atoms with Crippen molar-refractivity contribution in [2.45, 2.75) is 31.4 Å². The lowest BCUT2D eigenvalue weighted by Gasteiger charge is -2.21. The standard InChI is InChI=1S/C15H19N3O2/c1-19-10-4-5-11-13(8-10)18(15(16)17-11)12-6-7-20-14(12)9-2-3-9/h4-5,8-9,12,14H,2-3,6-7H2,1H3,(H2,16,17). The van der Waals surface area contributed by atoms with Gasteiger partial charge in [0.2, 0.25) is 5.95 Å². The highest BCUT2D eigenvalue weighted by Crippen LogP contribution is 2.45. The van der Waals surface area contributed by atoms with Crippen molar-refractivity contribution in [2.75, 3.05) is 19.5 Å². The molecule has 2 unspecified atom stereocenters. The maximum absolute atomic E-state index is 6.16. The summed E-state index contributed by atoms with van der Waals surface area (Å²) in [6, 6.07) is 6.20. The van der Waals surface area contributed by atoms with Gasteiger partial charge in [-0.25, -0.2) is 4.98 Å². The number of benzene rings is 1. The van der Waals surface area contributed by atoms with Gasteiger partial charge in [0.05, 0.1) is 30.3 Å². The monoisotopic (exact) mass is 273 g/mol. The fourth-order valence-corrected chi connectivity index (χ4v) is 3.32. The molecule has 0 spiro atoms. The van der Waals surface area contributed by atoms with Crippen molar-refractivity contribution in [1.29, 1.82) is 0 Å². The average Bonchev–Trinajstić information content (AvgIpc) is 3.10. The van der Waals surface area contributed by atoms with E-state index < -0.39 is 0 Å². The molecule has 1 aliphatic heterocycles. The molecule has 5 nitrogen and oxygen atoms in total. The van der Waals surface area contributed by atoms with E-state index in [0.29, 0.717) is 24.0 Å². The Balaban J connectivity index is 1.83. The number of methoxy groups -OCH3 is 1. The van der Waals surface area contributed by atoms with Crippen LogP contribution in [-0.4, -0.2) is 29.4 Å². The van der Waals surface area contributed by atoms with Gasteiger partial charge in [-0.1, -0.05) is 0 Å². The lowest BCUT2D eigenvalue weighted by atomic mass is 10.1. The summed E-state index contributed by atoms with van der Waals surface area (Å²) in [7, 11) is 1.68. The van der Waals surface area contributed by atoms with Crippen LogP contribution < -0.4 is 10.5 Å². The molecule has 20 heavy (non-hydrogen) atoms. The smallest absolute Gasteiger partial charge is 0.201 e. The molecular formula is C15H19N3O2. The van der Waals surface area contributed by atoms with Gasteiger partial charge in [-0.05, 0) is 37.3 Å². The Labute approximate surface area is 117 Å². The Bertz CT molecular complexity index is 648. The number of aromatic nitrogens is 2. The molecule has 1 aliphatic carbocycles. The molecule has 1 saturated heterocycles. The molecule has 0 amide bonds. The minimum absolute atomic E-state index is 0.293. The summed E-state index contributed by atoms with van der Waals surface area (Å²) in [5.74, 6) is 2.11. The Morgan fingerprint density at radius 1 is 1.35 bits per heavy atom. The second kappa shape index (κ2) is 4.38. The summed E-state index contributed by atoms with van der Waals surface area (Å²) in [5, 5.41) is 0. The molecule has 2 aliphatic rings. The number of hydrogen-bond acceptors (Lipinski definition) is 4. The topological polar surface area (TPSA) is 62.3 Å². The lowest BCUT2D eigenvalue weighted by molar-refractivity contribution is 0.0762. The second-order valence-electron chi connectivity index (χ2n) is 5.72. The van der Waals surface area contributed by atoms with Crippen LogP contribution in [0.2, 0.25) is 0 Å². The Hall–Kier alpha value is -1.75. The minimum Gasteiger partial charge on any atom is -0.497 e. The minimum atomic E-state index is 0.293. The fourth-order valence-electron chi connectivity index (χ4n) is 3.32. The second-order valence-corrected chi connectivity index (χ2v) is 5.72. The quantitative estimate of drug-likeness (QED) is 0.932. The Morgan fingerprint density at radius 2 is 2.20 bits per heavy atom. The normalized spacial score (nSPS) is 26.2. The highest BCUT2D eigenvalue weighted by Gasteiger charge is 2.42. The van der Waals surface area contributed by atoms with Crippen molar-refractivity contribution in [2.24, 2.45) is 5.92 Å². The van der Waals surface area contributed by atoms with Crippen molar-refractivity contribution in [1.82, 2.24) is 9.55 Å². The summed E-state index contributed by atoms with van der Waals surface area (Å²) in [4.78, 5) is 4.48. The third-order valence-corrected chi connectivity index (χ3v) is 4.45. The molecule has 2 fully saturated rings. The number of hydrogen-bond donors (Lipinski definition) is 1. The summed E-state index contributed by atoms with van der Waals surface area (Å²) in [6.07, 6.45) is 3.85. The molecule has 2 heterocycles. The fraction of sp³-hybridized carbons (Fsp3) is 0.533. The van der Waals surface area contributed by atoms with Gasteiger partial charge in [0.1, 0.15) is 5.75 Å². The van der Waals surface area contributed by atoms with Crippen LogP contribution in [0.25, 0.3) is 11.0 Å². The zero-order valence-electron chi connectivity index (χ0n) is 11.6. The predicted molar refractivity (Wildman–Crippen MR) is 76.8 cm³/mol. The van der Waals surface area contributed by atoms with Gasteiger partial charge < -0.3 is 19.8 Å².